The van der Waals surface area contributed by atoms with Gasteiger partial charge in [0.1, 0.15) is 11.9 Å². The predicted octanol–water partition coefficient (Wildman–Crippen LogP) is 6.76. The molecule has 0 radical (unpaired) electrons. The Morgan fingerprint density at radius 2 is 1.74 bits per heavy atom. The van der Waals surface area contributed by atoms with E-state index < -0.39 is 11.5 Å². The Hall–Kier alpha value is -1.98. The zero-order chi connectivity index (χ0) is 24.1. The third-order valence-corrected chi connectivity index (χ3v) is 9.45. The quantitative estimate of drug-likeness (QED) is 0.405. The van der Waals surface area contributed by atoms with E-state index in [4.69, 9.17) is 9.47 Å². The number of carbonyl (C=O) groups excluding carboxylic acids is 2. The van der Waals surface area contributed by atoms with Crippen LogP contribution in [0.2, 0.25) is 0 Å². The Kier molecular flexibility index (Phi) is 6.01. The molecule has 0 saturated heterocycles. The van der Waals surface area contributed by atoms with Crippen LogP contribution in [0, 0.1) is 22.2 Å². The molecule has 180 valence electrons. The molecular formula is C29H33BrO4. The van der Waals surface area contributed by atoms with Gasteiger partial charge >= 0.3 is 5.97 Å². The van der Waals surface area contributed by atoms with Crippen LogP contribution in [0.1, 0.15) is 68.8 Å². The summed E-state index contributed by atoms with van der Waals surface area (Å²) in [5.74, 6) is 0.177. The van der Waals surface area contributed by atoms with Crippen molar-refractivity contribution in [2.45, 2.75) is 71.7 Å². The molecule has 3 aliphatic rings. The van der Waals surface area contributed by atoms with Crippen molar-refractivity contribution < 1.29 is 19.1 Å². The molecule has 2 aromatic carbocycles. The summed E-state index contributed by atoms with van der Waals surface area (Å²) in [6, 6.07) is 17.5. The fourth-order valence-corrected chi connectivity index (χ4v) is 7.41. The van der Waals surface area contributed by atoms with Gasteiger partial charge in [0.05, 0.1) is 23.7 Å². The van der Waals surface area contributed by atoms with Crippen molar-refractivity contribution in [1.29, 1.82) is 0 Å². The van der Waals surface area contributed by atoms with Crippen molar-refractivity contribution in [2.24, 2.45) is 22.2 Å². The molecule has 4 nitrogen and oxygen atoms in total. The van der Waals surface area contributed by atoms with Crippen LogP contribution in [-0.4, -0.2) is 24.0 Å². The molecule has 0 aliphatic heterocycles. The number of Topliss-reactive ketones (excluding diaryl/α,β-unsaturated/α-hetero) is 1. The van der Waals surface area contributed by atoms with E-state index in [1.807, 2.05) is 37.3 Å². The largest absolute Gasteiger partial charge is 0.458 e. The van der Waals surface area contributed by atoms with Gasteiger partial charge in [0.25, 0.3) is 0 Å². The third kappa shape index (κ3) is 3.95. The summed E-state index contributed by atoms with van der Waals surface area (Å²) in [6.07, 6.45) is 3.54. The lowest BCUT2D eigenvalue weighted by Gasteiger charge is -2.57. The first-order chi connectivity index (χ1) is 16.1. The fraction of sp³-hybridized carbons (Fsp3) is 0.517. The highest BCUT2D eigenvalue weighted by atomic mass is 79.9. The number of hydrogen-bond acceptors (Lipinski definition) is 4. The first-order valence-electron chi connectivity index (χ1n) is 12.3. The Labute approximate surface area is 210 Å². The molecule has 34 heavy (non-hydrogen) atoms. The van der Waals surface area contributed by atoms with E-state index in [1.165, 1.54) is 5.56 Å². The van der Waals surface area contributed by atoms with Gasteiger partial charge in [-0.15, -0.1) is 0 Å². The maximum absolute atomic E-state index is 13.6. The van der Waals surface area contributed by atoms with E-state index in [2.05, 4.69) is 41.9 Å². The molecule has 3 fully saturated rings. The van der Waals surface area contributed by atoms with Gasteiger partial charge < -0.3 is 9.47 Å². The summed E-state index contributed by atoms with van der Waals surface area (Å²) in [4.78, 5) is 26.5. The van der Waals surface area contributed by atoms with Gasteiger partial charge in [0.2, 0.25) is 0 Å². The van der Waals surface area contributed by atoms with Crippen molar-refractivity contribution in [1.82, 2.24) is 0 Å². The van der Waals surface area contributed by atoms with E-state index in [0.29, 0.717) is 30.9 Å². The molecule has 3 aliphatic carbocycles. The van der Waals surface area contributed by atoms with Gasteiger partial charge in [0.15, 0.2) is 0 Å². The molecule has 1 spiro atoms. The van der Waals surface area contributed by atoms with Gasteiger partial charge in [0, 0.05) is 16.3 Å². The number of halogens is 1. The van der Waals surface area contributed by atoms with Gasteiger partial charge in [-0.05, 0) is 73.8 Å². The Morgan fingerprint density at radius 3 is 2.44 bits per heavy atom. The van der Waals surface area contributed by atoms with Crippen molar-refractivity contribution in [2.75, 3.05) is 0 Å². The number of benzene rings is 2. The van der Waals surface area contributed by atoms with Crippen LogP contribution in [0.25, 0.3) is 0 Å². The predicted molar refractivity (Wildman–Crippen MR) is 134 cm³/mol. The van der Waals surface area contributed by atoms with E-state index in [0.717, 1.165) is 23.7 Å². The number of carbonyl (C=O) groups is 2. The second kappa shape index (κ2) is 8.60. The lowest BCUT2D eigenvalue weighted by atomic mass is 9.48. The number of esters is 1. The molecule has 0 unspecified atom stereocenters. The summed E-state index contributed by atoms with van der Waals surface area (Å²) in [5, 5.41) is 0. The lowest BCUT2D eigenvalue weighted by molar-refractivity contribution is -0.175. The van der Waals surface area contributed by atoms with Gasteiger partial charge in [-0.2, -0.15) is 0 Å². The summed E-state index contributed by atoms with van der Waals surface area (Å²) in [7, 11) is 0. The monoisotopic (exact) mass is 524 g/mol. The van der Waals surface area contributed by atoms with E-state index >= 15 is 0 Å². The first kappa shape index (κ1) is 23.7. The van der Waals surface area contributed by atoms with Crippen LogP contribution in [0.3, 0.4) is 0 Å². The maximum atomic E-state index is 13.6. The molecule has 0 heterocycles. The Bertz CT molecular complexity index is 1080. The van der Waals surface area contributed by atoms with Crippen molar-refractivity contribution in [3.8, 4) is 0 Å². The Balaban J connectivity index is 1.38. The number of fused-ring (bicyclic) bond motifs is 1. The number of ketones is 1. The van der Waals surface area contributed by atoms with Crippen molar-refractivity contribution in [3.05, 3.63) is 70.2 Å². The van der Waals surface area contributed by atoms with Crippen molar-refractivity contribution >= 4 is 27.7 Å². The van der Waals surface area contributed by atoms with E-state index in [-0.39, 0.29) is 28.7 Å². The molecule has 2 aromatic rings. The summed E-state index contributed by atoms with van der Waals surface area (Å²) >= 11 is 3.40. The SMILES string of the molecule is CC1(C)C[C@H](OCc2ccccc2)[C@]23CC[C@H](OC(=O)c4ccc(Br)cc4)[C@](C)(C2)C(=O)C[C@H]13. The highest BCUT2D eigenvalue weighted by molar-refractivity contribution is 9.10. The first-order valence-corrected chi connectivity index (χ1v) is 13.1. The van der Waals surface area contributed by atoms with Gasteiger partial charge in [-0.3, -0.25) is 4.79 Å². The van der Waals surface area contributed by atoms with Crippen LogP contribution < -0.4 is 0 Å². The maximum Gasteiger partial charge on any atom is 0.338 e. The molecule has 5 atom stereocenters. The lowest BCUT2D eigenvalue weighted by Crippen LogP contribution is -2.59. The Morgan fingerprint density at radius 1 is 1.03 bits per heavy atom. The van der Waals surface area contributed by atoms with E-state index in [1.54, 1.807) is 12.1 Å². The second-order valence-electron chi connectivity index (χ2n) is 11.4. The molecule has 2 bridgehead atoms. The highest BCUT2D eigenvalue weighted by Gasteiger charge is 2.68. The van der Waals surface area contributed by atoms with Crippen LogP contribution in [-0.2, 0) is 20.9 Å². The van der Waals surface area contributed by atoms with Crippen LogP contribution in [0.4, 0.5) is 0 Å². The van der Waals surface area contributed by atoms with Crippen LogP contribution in [0.5, 0.6) is 0 Å². The third-order valence-electron chi connectivity index (χ3n) is 8.92. The molecule has 0 amide bonds. The number of ether oxygens (including phenoxy) is 2. The van der Waals surface area contributed by atoms with Gasteiger partial charge in [-0.25, -0.2) is 4.79 Å². The number of hydrogen-bond donors (Lipinski definition) is 0. The number of rotatable bonds is 5. The van der Waals surface area contributed by atoms with Crippen LogP contribution in [0.15, 0.2) is 59.1 Å². The van der Waals surface area contributed by atoms with Crippen LogP contribution >= 0.6 is 15.9 Å². The molecule has 5 heteroatoms. The minimum absolute atomic E-state index is 0.0410. The molecule has 3 saturated carbocycles. The topological polar surface area (TPSA) is 52.6 Å². The second-order valence-corrected chi connectivity index (χ2v) is 12.3. The minimum Gasteiger partial charge on any atom is -0.458 e. The summed E-state index contributed by atoms with van der Waals surface area (Å²) < 4.78 is 13.6. The summed E-state index contributed by atoms with van der Waals surface area (Å²) in [6.45, 7) is 7.19. The normalized spacial score (nSPS) is 33.9. The van der Waals surface area contributed by atoms with Gasteiger partial charge in [-0.1, -0.05) is 60.1 Å². The molecule has 0 N–H and O–H groups in total. The average molecular weight is 525 g/mol. The standard InChI is InChI=1S/C29H33BrO4/c1-27(2)16-25(33-17-19-7-5-4-6-8-19)29-14-13-24(28(3,18-29)23(31)15-22(27)29)34-26(32)20-9-11-21(30)12-10-20/h4-12,22,24-25H,13-18H2,1-3H3/t22-,24+,25+,28-,29-/m1/s1. The smallest absolute Gasteiger partial charge is 0.338 e. The molecule has 0 aromatic heterocycles. The molecule has 5 rings (SSSR count). The highest BCUT2D eigenvalue weighted by Crippen LogP contribution is 2.68. The zero-order valence-electron chi connectivity index (χ0n) is 20.2. The molecular weight excluding hydrogens is 492 g/mol. The zero-order valence-corrected chi connectivity index (χ0v) is 21.8. The van der Waals surface area contributed by atoms with E-state index in [9.17, 15) is 9.59 Å². The minimum atomic E-state index is -0.672. The fourth-order valence-electron chi connectivity index (χ4n) is 7.15. The average Bonchev–Trinajstić information content (AvgIpc) is 3.01. The van der Waals surface area contributed by atoms with Crippen molar-refractivity contribution in [3.63, 3.8) is 0 Å². The summed E-state index contributed by atoms with van der Waals surface area (Å²) in [5.41, 5.74) is 1.00.